The number of methoxy groups -OCH3 is 1. The Morgan fingerprint density at radius 1 is 1.23 bits per heavy atom. The number of sulfonamides is 1. The number of carbonyl (C=O) groups is 1. The van der Waals surface area contributed by atoms with Gasteiger partial charge in [0.05, 0.1) is 7.11 Å². The van der Waals surface area contributed by atoms with E-state index in [1.54, 1.807) is 12.1 Å². The molecular formula is C19H30N2O4S. The van der Waals surface area contributed by atoms with Gasteiger partial charge in [-0.1, -0.05) is 13.8 Å². The van der Waals surface area contributed by atoms with Crippen molar-refractivity contribution in [3.8, 4) is 5.75 Å². The number of amides is 1. The molecule has 0 bridgehead atoms. The molecule has 26 heavy (non-hydrogen) atoms. The molecule has 7 heteroatoms. The fourth-order valence-electron chi connectivity index (χ4n) is 3.14. The lowest BCUT2D eigenvalue weighted by molar-refractivity contribution is -0.133. The van der Waals surface area contributed by atoms with E-state index in [2.05, 4.69) is 4.72 Å². The Kier molecular flexibility index (Phi) is 6.69. The number of likely N-dealkylation sites (tertiary alicyclic amines) is 1. The van der Waals surface area contributed by atoms with Crippen molar-refractivity contribution in [1.29, 1.82) is 0 Å². The molecule has 0 atom stereocenters. The predicted octanol–water partition coefficient (Wildman–Crippen LogP) is 2.63. The van der Waals surface area contributed by atoms with Gasteiger partial charge in [0.25, 0.3) is 0 Å². The third-order valence-corrected chi connectivity index (χ3v) is 6.36. The first-order valence-electron chi connectivity index (χ1n) is 9.09. The summed E-state index contributed by atoms with van der Waals surface area (Å²) in [5, 5.41) is 0. The number of carbonyl (C=O) groups excluding carboxylic acids is 1. The number of nitrogens with one attached hydrogen (secondary N) is 1. The van der Waals surface area contributed by atoms with Crippen LogP contribution in [-0.4, -0.2) is 45.5 Å². The van der Waals surface area contributed by atoms with Crippen molar-refractivity contribution >= 4 is 15.9 Å². The fraction of sp³-hybridized carbons (Fsp3) is 0.632. The molecule has 1 aliphatic rings. The summed E-state index contributed by atoms with van der Waals surface area (Å²) in [6.07, 6.45) is 1.78. The van der Waals surface area contributed by atoms with E-state index >= 15 is 0 Å². The molecule has 2 rings (SSSR count). The Labute approximate surface area is 157 Å². The van der Waals surface area contributed by atoms with Crippen LogP contribution in [0.2, 0.25) is 0 Å². The highest BCUT2D eigenvalue weighted by Gasteiger charge is 2.28. The minimum Gasteiger partial charge on any atom is -0.495 e. The molecule has 1 aliphatic heterocycles. The second-order valence-electron chi connectivity index (χ2n) is 7.46. The van der Waals surface area contributed by atoms with Crippen molar-refractivity contribution in [2.24, 2.45) is 5.92 Å². The monoisotopic (exact) mass is 382 g/mol. The van der Waals surface area contributed by atoms with Gasteiger partial charge in [0.2, 0.25) is 15.9 Å². The van der Waals surface area contributed by atoms with Crippen LogP contribution in [-0.2, 0) is 14.8 Å². The molecule has 0 aromatic heterocycles. The number of aryl methyl sites for hydroxylation is 2. The molecule has 1 amide bonds. The third-order valence-electron chi connectivity index (χ3n) is 4.82. The Morgan fingerprint density at radius 2 is 1.81 bits per heavy atom. The first-order chi connectivity index (χ1) is 12.1. The maximum Gasteiger partial charge on any atom is 0.244 e. The summed E-state index contributed by atoms with van der Waals surface area (Å²) in [7, 11) is -2.20. The maximum absolute atomic E-state index is 12.8. The summed E-state index contributed by atoms with van der Waals surface area (Å²) in [6, 6.07) is 3.23. The number of benzene rings is 1. The van der Waals surface area contributed by atoms with Crippen LogP contribution in [0, 0.1) is 19.8 Å². The van der Waals surface area contributed by atoms with Crippen molar-refractivity contribution in [3.63, 3.8) is 0 Å². The Balaban J connectivity index is 2.06. The Hall–Kier alpha value is -1.60. The third kappa shape index (κ3) is 4.98. The largest absolute Gasteiger partial charge is 0.495 e. The van der Waals surface area contributed by atoms with Gasteiger partial charge in [-0.2, -0.15) is 0 Å². The van der Waals surface area contributed by atoms with Gasteiger partial charge in [0.1, 0.15) is 10.6 Å². The smallest absolute Gasteiger partial charge is 0.244 e. The highest BCUT2D eigenvalue weighted by molar-refractivity contribution is 7.89. The summed E-state index contributed by atoms with van der Waals surface area (Å²) < 4.78 is 33.7. The minimum absolute atomic E-state index is 0.150. The number of rotatable bonds is 6. The quantitative estimate of drug-likeness (QED) is 0.821. The van der Waals surface area contributed by atoms with Gasteiger partial charge in [0, 0.05) is 25.6 Å². The molecule has 1 saturated heterocycles. The van der Waals surface area contributed by atoms with E-state index < -0.39 is 10.0 Å². The number of piperidine rings is 1. The molecule has 1 aromatic rings. The van der Waals surface area contributed by atoms with Gasteiger partial charge in [-0.3, -0.25) is 4.79 Å². The number of hydrogen-bond donors (Lipinski definition) is 1. The Bertz CT molecular complexity index is 751. The maximum atomic E-state index is 12.8. The average Bonchev–Trinajstić information content (AvgIpc) is 2.56. The van der Waals surface area contributed by atoms with Crippen molar-refractivity contribution in [3.05, 3.63) is 23.3 Å². The lowest BCUT2D eigenvalue weighted by Crippen LogP contribution is -2.46. The summed E-state index contributed by atoms with van der Waals surface area (Å²) in [4.78, 5) is 14.1. The highest BCUT2D eigenvalue weighted by atomic mass is 32.2. The van der Waals surface area contributed by atoms with Crippen LogP contribution in [0.15, 0.2) is 17.0 Å². The van der Waals surface area contributed by atoms with E-state index in [0.717, 1.165) is 11.1 Å². The van der Waals surface area contributed by atoms with E-state index in [1.807, 2.05) is 32.6 Å². The van der Waals surface area contributed by atoms with E-state index in [0.29, 0.717) is 44.0 Å². The topological polar surface area (TPSA) is 75.7 Å². The molecule has 1 aromatic carbocycles. The summed E-state index contributed by atoms with van der Waals surface area (Å²) in [6.45, 7) is 9.02. The lowest BCUT2D eigenvalue weighted by Gasteiger charge is -2.32. The molecule has 1 N–H and O–H groups in total. The van der Waals surface area contributed by atoms with Crippen LogP contribution >= 0.6 is 0 Å². The van der Waals surface area contributed by atoms with Crippen LogP contribution in [0.1, 0.15) is 44.2 Å². The number of nitrogens with zero attached hydrogens (tertiary/aromatic N) is 1. The second-order valence-corrected chi connectivity index (χ2v) is 9.14. The van der Waals surface area contributed by atoms with E-state index in [1.165, 1.54) is 7.11 Å². The number of ether oxygens (including phenoxy) is 1. The molecule has 146 valence electrons. The second kappa shape index (κ2) is 8.39. The zero-order valence-electron chi connectivity index (χ0n) is 16.3. The van der Waals surface area contributed by atoms with E-state index in [-0.39, 0.29) is 16.8 Å². The normalized spacial score (nSPS) is 16.2. The summed E-state index contributed by atoms with van der Waals surface area (Å²) in [5.41, 5.74) is 1.89. The molecule has 1 fully saturated rings. The molecule has 0 unspecified atom stereocenters. The molecule has 0 radical (unpaired) electrons. The lowest BCUT2D eigenvalue weighted by atomic mass is 10.0. The minimum atomic E-state index is -3.68. The molecule has 0 aliphatic carbocycles. The van der Waals surface area contributed by atoms with Gasteiger partial charge in [-0.05, 0) is 55.9 Å². The Morgan fingerprint density at radius 3 is 2.35 bits per heavy atom. The zero-order chi connectivity index (χ0) is 19.5. The van der Waals surface area contributed by atoms with Crippen molar-refractivity contribution in [2.45, 2.75) is 57.9 Å². The molecule has 0 saturated carbocycles. The van der Waals surface area contributed by atoms with E-state index in [4.69, 9.17) is 4.74 Å². The standard InChI is InChI=1S/C19H30N2O4S/c1-13(2)10-19(22)21-8-6-16(7-9-21)20-26(23,24)18-12-15(4)14(3)11-17(18)25-5/h11-13,16,20H,6-10H2,1-5H3. The fourth-order valence-corrected chi connectivity index (χ4v) is 4.68. The van der Waals surface area contributed by atoms with Crippen LogP contribution in [0.5, 0.6) is 5.75 Å². The predicted molar refractivity (Wildman–Crippen MR) is 102 cm³/mol. The van der Waals surface area contributed by atoms with Gasteiger partial charge >= 0.3 is 0 Å². The SMILES string of the molecule is COc1cc(C)c(C)cc1S(=O)(=O)NC1CCN(C(=O)CC(C)C)CC1. The van der Waals surface area contributed by atoms with Crippen molar-refractivity contribution in [1.82, 2.24) is 9.62 Å². The first kappa shape index (κ1) is 20.7. The molecule has 0 spiro atoms. The van der Waals surface area contributed by atoms with Crippen molar-refractivity contribution in [2.75, 3.05) is 20.2 Å². The molecular weight excluding hydrogens is 352 g/mol. The van der Waals surface area contributed by atoms with Gasteiger partial charge in [0.15, 0.2) is 0 Å². The van der Waals surface area contributed by atoms with Gasteiger partial charge < -0.3 is 9.64 Å². The molecule has 1 heterocycles. The number of hydrogen-bond acceptors (Lipinski definition) is 4. The highest BCUT2D eigenvalue weighted by Crippen LogP contribution is 2.28. The van der Waals surface area contributed by atoms with Crippen LogP contribution in [0.3, 0.4) is 0 Å². The van der Waals surface area contributed by atoms with Gasteiger partial charge in [-0.15, -0.1) is 0 Å². The molecule has 6 nitrogen and oxygen atoms in total. The van der Waals surface area contributed by atoms with Gasteiger partial charge in [-0.25, -0.2) is 13.1 Å². The first-order valence-corrected chi connectivity index (χ1v) is 10.6. The van der Waals surface area contributed by atoms with Crippen LogP contribution in [0.4, 0.5) is 0 Å². The van der Waals surface area contributed by atoms with Crippen molar-refractivity contribution < 1.29 is 17.9 Å². The summed E-state index contributed by atoms with van der Waals surface area (Å²) >= 11 is 0. The van der Waals surface area contributed by atoms with E-state index in [9.17, 15) is 13.2 Å². The summed E-state index contributed by atoms with van der Waals surface area (Å²) in [5.74, 6) is 0.832. The van der Waals surface area contributed by atoms with Crippen LogP contribution < -0.4 is 9.46 Å². The zero-order valence-corrected chi connectivity index (χ0v) is 17.1. The van der Waals surface area contributed by atoms with Crippen LogP contribution in [0.25, 0.3) is 0 Å². The average molecular weight is 383 g/mol.